The zero-order valence-electron chi connectivity index (χ0n) is 6.85. The molecule has 74 valence electrons. The van der Waals surface area contributed by atoms with E-state index in [0.29, 0.717) is 0 Å². The van der Waals surface area contributed by atoms with E-state index in [4.69, 9.17) is 10.4 Å². The van der Waals surface area contributed by atoms with Gasteiger partial charge in [-0.1, -0.05) is 0 Å². The third-order valence-electron chi connectivity index (χ3n) is 1.59. The van der Waals surface area contributed by atoms with Gasteiger partial charge in [-0.05, 0) is 12.1 Å². The molecule has 14 heavy (non-hydrogen) atoms. The maximum Gasteiger partial charge on any atom is 0.221 e. The third kappa shape index (κ3) is 2.02. The van der Waals surface area contributed by atoms with Gasteiger partial charge in [-0.2, -0.15) is 19.0 Å². The molecule has 0 radical (unpaired) electrons. The number of halogens is 2. The van der Waals surface area contributed by atoms with Crippen LogP contribution in [0.1, 0.15) is 11.7 Å². The highest BCUT2D eigenvalue weighted by Gasteiger charge is 2.22. The quantitative estimate of drug-likeness (QED) is 0.531. The average molecular weight is 200 g/mol. The largest absolute Gasteiger partial charge is 0.384 e. The Bertz CT molecular complexity index is 378. The number of nitriles is 1. The van der Waals surface area contributed by atoms with Crippen LogP contribution in [0.3, 0.4) is 0 Å². The number of hydrogen-bond acceptors (Lipinski definition) is 4. The molecule has 6 heteroatoms. The van der Waals surface area contributed by atoms with Gasteiger partial charge in [-0.3, -0.25) is 0 Å². The van der Waals surface area contributed by atoms with Crippen molar-refractivity contribution < 1.29 is 19.0 Å². The van der Waals surface area contributed by atoms with E-state index in [1.165, 1.54) is 6.07 Å². The molecule has 0 aliphatic heterocycles. The number of aliphatic hydroxyl groups is 2. The summed E-state index contributed by atoms with van der Waals surface area (Å²) < 4.78 is 25.2. The highest BCUT2D eigenvalue weighted by Crippen LogP contribution is 2.18. The number of rotatable bonds is 2. The molecular formula is C8H6F2N2O2. The second-order valence-electron chi connectivity index (χ2n) is 2.53. The molecule has 0 fully saturated rings. The van der Waals surface area contributed by atoms with Crippen molar-refractivity contribution in [3.63, 3.8) is 0 Å². The first-order valence-corrected chi connectivity index (χ1v) is 3.64. The minimum absolute atomic E-state index is 0.416. The fraction of sp³-hybridized carbons (Fsp3) is 0.250. The summed E-state index contributed by atoms with van der Waals surface area (Å²) in [7, 11) is 0. The Morgan fingerprint density at radius 3 is 2.50 bits per heavy atom. The highest BCUT2D eigenvalue weighted by molar-refractivity contribution is 5.17. The van der Waals surface area contributed by atoms with E-state index in [1.54, 1.807) is 0 Å². The van der Waals surface area contributed by atoms with E-state index >= 15 is 0 Å². The van der Waals surface area contributed by atoms with Crippen molar-refractivity contribution in [1.82, 2.24) is 4.98 Å². The van der Waals surface area contributed by atoms with E-state index in [-0.39, 0.29) is 0 Å². The van der Waals surface area contributed by atoms with Gasteiger partial charge in [0.05, 0.1) is 6.07 Å². The maximum atomic E-state index is 12.9. The van der Waals surface area contributed by atoms with Crippen molar-refractivity contribution in [2.75, 3.05) is 0 Å². The molecule has 1 aromatic rings. The van der Waals surface area contributed by atoms with Gasteiger partial charge < -0.3 is 10.2 Å². The fourth-order valence-electron chi connectivity index (χ4n) is 0.884. The maximum absolute atomic E-state index is 12.9. The summed E-state index contributed by atoms with van der Waals surface area (Å²) in [6, 6.07) is 3.07. The lowest BCUT2D eigenvalue weighted by Crippen LogP contribution is -2.17. The standard InChI is InChI=1S/C8H6F2N2O2/c9-6-2-1-4(8(10)12-6)7(14)5(13)3-11/h1-2,5,7,13-14H. The van der Waals surface area contributed by atoms with Gasteiger partial charge in [-0.15, -0.1) is 0 Å². The number of nitrogens with zero attached hydrogens (tertiary/aromatic N) is 2. The molecule has 1 rings (SSSR count). The lowest BCUT2D eigenvalue weighted by molar-refractivity contribution is 0.0496. The molecule has 1 heterocycles. The molecule has 0 saturated carbocycles. The molecular weight excluding hydrogens is 194 g/mol. The van der Waals surface area contributed by atoms with Crippen molar-refractivity contribution in [3.05, 3.63) is 29.6 Å². The van der Waals surface area contributed by atoms with Gasteiger partial charge in [0, 0.05) is 5.56 Å². The Morgan fingerprint density at radius 1 is 1.36 bits per heavy atom. The number of hydrogen-bond donors (Lipinski definition) is 2. The number of aliphatic hydroxyl groups excluding tert-OH is 2. The van der Waals surface area contributed by atoms with Crippen LogP contribution in [-0.2, 0) is 0 Å². The number of aromatic nitrogens is 1. The molecule has 0 saturated heterocycles. The van der Waals surface area contributed by atoms with E-state index in [9.17, 15) is 13.9 Å². The topological polar surface area (TPSA) is 77.1 Å². The van der Waals surface area contributed by atoms with Gasteiger partial charge in [0.25, 0.3) is 0 Å². The summed E-state index contributed by atoms with van der Waals surface area (Å²) in [6.07, 6.45) is -3.50. The zero-order valence-corrected chi connectivity index (χ0v) is 6.85. The molecule has 0 aliphatic carbocycles. The van der Waals surface area contributed by atoms with Crippen LogP contribution in [0.2, 0.25) is 0 Å². The highest BCUT2D eigenvalue weighted by atomic mass is 19.1. The van der Waals surface area contributed by atoms with Gasteiger partial charge in [0.1, 0.15) is 6.10 Å². The van der Waals surface area contributed by atoms with Crippen molar-refractivity contribution in [3.8, 4) is 6.07 Å². The molecule has 0 aliphatic rings. The minimum Gasteiger partial charge on any atom is -0.384 e. The monoisotopic (exact) mass is 200 g/mol. The molecule has 1 aromatic heterocycles. The summed E-state index contributed by atoms with van der Waals surface area (Å²) in [5.41, 5.74) is -0.416. The Labute approximate surface area is 78.1 Å². The normalized spacial score (nSPS) is 14.5. The minimum atomic E-state index is -1.77. The van der Waals surface area contributed by atoms with Crippen molar-refractivity contribution >= 4 is 0 Å². The molecule has 0 amide bonds. The second-order valence-corrected chi connectivity index (χ2v) is 2.53. The van der Waals surface area contributed by atoms with Crippen molar-refractivity contribution in [2.24, 2.45) is 0 Å². The summed E-state index contributed by atoms with van der Waals surface area (Å²) >= 11 is 0. The van der Waals surface area contributed by atoms with Gasteiger partial charge in [0.15, 0.2) is 6.10 Å². The Kier molecular flexibility index (Phi) is 3.06. The van der Waals surface area contributed by atoms with Crippen LogP contribution in [0.5, 0.6) is 0 Å². The molecule has 2 N–H and O–H groups in total. The molecule has 0 spiro atoms. The molecule has 2 atom stereocenters. The Hall–Kier alpha value is -1.58. The zero-order chi connectivity index (χ0) is 10.7. The Balaban J connectivity index is 3.03. The van der Waals surface area contributed by atoms with Crippen molar-refractivity contribution in [1.29, 1.82) is 5.26 Å². The predicted molar refractivity (Wildman–Crippen MR) is 40.7 cm³/mol. The van der Waals surface area contributed by atoms with Gasteiger partial charge in [-0.25, -0.2) is 0 Å². The lowest BCUT2D eigenvalue weighted by atomic mass is 10.1. The molecule has 0 aromatic carbocycles. The van der Waals surface area contributed by atoms with Crippen LogP contribution in [0.25, 0.3) is 0 Å². The fourth-order valence-corrected chi connectivity index (χ4v) is 0.884. The molecule has 4 nitrogen and oxygen atoms in total. The Morgan fingerprint density at radius 2 is 2.00 bits per heavy atom. The summed E-state index contributed by atoms with van der Waals surface area (Å²) in [5, 5.41) is 26.3. The van der Waals surface area contributed by atoms with E-state index < -0.39 is 29.7 Å². The van der Waals surface area contributed by atoms with Gasteiger partial charge in [0.2, 0.25) is 11.9 Å². The van der Waals surface area contributed by atoms with Crippen molar-refractivity contribution in [2.45, 2.75) is 12.2 Å². The third-order valence-corrected chi connectivity index (χ3v) is 1.59. The summed E-state index contributed by atoms with van der Waals surface area (Å²) in [6.45, 7) is 0. The van der Waals surface area contributed by atoms with Crippen LogP contribution in [0.15, 0.2) is 12.1 Å². The molecule has 0 bridgehead atoms. The van der Waals surface area contributed by atoms with E-state index in [2.05, 4.69) is 4.98 Å². The predicted octanol–water partition coefficient (Wildman–Crippen LogP) is 0.278. The SMILES string of the molecule is N#CC(O)C(O)c1ccc(F)nc1F. The van der Waals surface area contributed by atoms with E-state index in [0.717, 1.165) is 12.1 Å². The summed E-state index contributed by atoms with van der Waals surface area (Å²) in [4.78, 5) is 2.80. The smallest absolute Gasteiger partial charge is 0.221 e. The van der Waals surface area contributed by atoms with Gasteiger partial charge >= 0.3 is 0 Å². The van der Waals surface area contributed by atoms with Crippen LogP contribution in [-0.4, -0.2) is 21.3 Å². The number of pyridine rings is 1. The van der Waals surface area contributed by atoms with E-state index in [1.807, 2.05) is 0 Å². The second kappa shape index (κ2) is 4.09. The molecule has 2 unspecified atom stereocenters. The summed E-state index contributed by atoms with van der Waals surface area (Å²) in [5.74, 6) is -2.28. The van der Waals surface area contributed by atoms with Crippen LogP contribution >= 0.6 is 0 Å². The van der Waals surface area contributed by atoms with Crippen LogP contribution in [0.4, 0.5) is 8.78 Å². The first-order valence-electron chi connectivity index (χ1n) is 3.64. The first-order chi connectivity index (χ1) is 6.56. The lowest BCUT2D eigenvalue weighted by Gasteiger charge is -2.11. The van der Waals surface area contributed by atoms with Crippen LogP contribution < -0.4 is 0 Å². The van der Waals surface area contributed by atoms with Crippen LogP contribution in [0, 0.1) is 23.2 Å². The first kappa shape index (κ1) is 10.5. The average Bonchev–Trinajstić information content (AvgIpc) is 2.15.